The van der Waals surface area contributed by atoms with E-state index < -0.39 is 11.6 Å². The van der Waals surface area contributed by atoms with Crippen molar-refractivity contribution in [2.24, 2.45) is 5.92 Å². The van der Waals surface area contributed by atoms with Crippen LogP contribution in [0.15, 0.2) is 22.7 Å². The van der Waals surface area contributed by atoms with E-state index in [1.807, 2.05) is 52.8 Å². The van der Waals surface area contributed by atoms with Gasteiger partial charge >= 0.3 is 6.09 Å². The van der Waals surface area contributed by atoms with Gasteiger partial charge in [0.1, 0.15) is 5.75 Å². The van der Waals surface area contributed by atoms with Gasteiger partial charge in [0.15, 0.2) is 0 Å². The Kier molecular flexibility index (Phi) is 6.93. The summed E-state index contributed by atoms with van der Waals surface area (Å²) in [6.45, 7) is 12.4. The predicted octanol–water partition coefficient (Wildman–Crippen LogP) is 5.33. The third-order valence-corrected chi connectivity index (χ3v) is 4.27. The van der Waals surface area contributed by atoms with Gasteiger partial charge in [-0.1, -0.05) is 22.9 Å². The Morgan fingerprint density at radius 3 is 2.43 bits per heavy atom. The molecule has 0 aliphatic heterocycles. The molecule has 130 valence electrons. The van der Waals surface area contributed by atoms with Gasteiger partial charge in [0.2, 0.25) is 0 Å². The van der Waals surface area contributed by atoms with E-state index in [0.29, 0.717) is 6.61 Å². The summed E-state index contributed by atoms with van der Waals surface area (Å²) >= 11 is 3.44. The lowest BCUT2D eigenvalue weighted by molar-refractivity contribution is 0.0648. The first-order chi connectivity index (χ1) is 10.5. The molecule has 0 saturated heterocycles. The van der Waals surface area contributed by atoms with Gasteiger partial charge < -0.3 is 14.7 Å². The van der Waals surface area contributed by atoms with Crippen LogP contribution in [0.25, 0.3) is 0 Å². The van der Waals surface area contributed by atoms with E-state index in [2.05, 4.69) is 22.9 Å². The van der Waals surface area contributed by atoms with Crippen molar-refractivity contribution in [1.29, 1.82) is 0 Å². The van der Waals surface area contributed by atoms with Gasteiger partial charge in [-0.3, -0.25) is 0 Å². The zero-order valence-electron chi connectivity index (χ0n) is 14.9. The van der Waals surface area contributed by atoms with Crippen LogP contribution in [0.5, 0.6) is 5.75 Å². The molecule has 0 spiro atoms. The maximum atomic E-state index is 11.5. The molecule has 1 amide bonds. The third kappa shape index (κ3) is 6.05. The molecule has 23 heavy (non-hydrogen) atoms. The first-order valence-electron chi connectivity index (χ1n) is 7.93. The lowest BCUT2D eigenvalue weighted by atomic mass is 9.97. The third-order valence-electron chi connectivity index (χ3n) is 3.77. The average Bonchev–Trinajstić information content (AvgIpc) is 2.35. The number of amides is 1. The zero-order chi connectivity index (χ0) is 17.8. The molecule has 0 radical (unpaired) electrons. The van der Waals surface area contributed by atoms with E-state index in [9.17, 15) is 9.90 Å². The van der Waals surface area contributed by atoms with Crippen molar-refractivity contribution < 1.29 is 14.6 Å². The molecule has 0 aliphatic carbocycles. The van der Waals surface area contributed by atoms with Crippen LogP contribution in [0.1, 0.15) is 46.6 Å². The highest BCUT2D eigenvalue weighted by Gasteiger charge is 2.31. The Balaban J connectivity index is 2.61. The van der Waals surface area contributed by atoms with E-state index in [1.54, 1.807) is 0 Å². The number of hydrogen-bond donors (Lipinski definition) is 1. The molecule has 1 aromatic carbocycles. The van der Waals surface area contributed by atoms with Gasteiger partial charge in [0, 0.05) is 16.1 Å². The summed E-state index contributed by atoms with van der Waals surface area (Å²) in [5, 5.41) is 9.45. The Labute approximate surface area is 148 Å². The van der Waals surface area contributed by atoms with Gasteiger partial charge in [0.25, 0.3) is 0 Å². The lowest BCUT2D eigenvalue weighted by Crippen LogP contribution is -2.50. The molecular formula is C18H28BrNO3. The molecule has 0 fully saturated rings. The molecule has 1 N–H and O–H groups in total. The van der Waals surface area contributed by atoms with Crippen LogP contribution >= 0.6 is 15.9 Å². The van der Waals surface area contributed by atoms with Gasteiger partial charge in [-0.05, 0) is 70.7 Å². The minimum absolute atomic E-state index is 0.0582. The average molecular weight is 386 g/mol. The summed E-state index contributed by atoms with van der Waals surface area (Å²) in [7, 11) is 0. The molecule has 2 atom stereocenters. The SMILES string of the molecule is Cc1cc(Br)ccc1OC[C@@H](C)C[C@H](C)N(C(=O)O)C(C)(C)C. The molecule has 5 heteroatoms. The minimum Gasteiger partial charge on any atom is -0.493 e. The standard InChI is InChI=1S/C18H28BrNO3/c1-12(9-14(3)20(17(21)22)18(4,5)6)11-23-16-8-7-15(19)10-13(16)2/h7-8,10,12,14H,9,11H2,1-6H3,(H,21,22)/t12-,14-/m0/s1. The summed E-state index contributed by atoms with van der Waals surface area (Å²) in [6.07, 6.45) is -0.110. The minimum atomic E-state index is -0.873. The van der Waals surface area contributed by atoms with Crippen LogP contribution in [-0.2, 0) is 0 Å². The zero-order valence-corrected chi connectivity index (χ0v) is 16.5. The Bertz CT molecular complexity index is 540. The number of aryl methyl sites for hydroxylation is 1. The van der Waals surface area contributed by atoms with Crippen LogP contribution in [0.2, 0.25) is 0 Å². The maximum Gasteiger partial charge on any atom is 0.407 e. The van der Waals surface area contributed by atoms with Crippen LogP contribution in [0.3, 0.4) is 0 Å². The van der Waals surface area contributed by atoms with Crippen LogP contribution in [0, 0.1) is 12.8 Å². The first kappa shape index (κ1) is 19.8. The fourth-order valence-electron chi connectivity index (χ4n) is 2.90. The number of carbonyl (C=O) groups is 1. The molecule has 0 unspecified atom stereocenters. The van der Waals surface area contributed by atoms with Crippen molar-refractivity contribution in [2.75, 3.05) is 6.61 Å². The Morgan fingerprint density at radius 2 is 1.96 bits per heavy atom. The highest BCUT2D eigenvalue weighted by molar-refractivity contribution is 9.10. The molecule has 4 nitrogen and oxygen atoms in total. The maximum absolute atomic E-state index is 11.5. The van der Waals surface area contributed by atoms with Crippen molar-refractivity contribution in [1.82, 2.24) is 4.90 Å². The summed E-state index contributed by atoms with van der Waals surface area (Å²) in [4.78, 5) is 13.0. The second-order valence-electron chi connectivity index (χ2n) is 7.23. The number of hydrogen-bond acceptors (Lipinski definition) is 2. The summed E-state index contributed by atoms with van der Waals surface area (Å²) in [6, 6.07) is 5.88. The van der Waals surface area contributed by atoms with Gasteiger partial charge in [-0.25, -0.2) is 4.79 Å². The topological polar surface area (TPSA) is 49.8 Å². The summed E-state index contributed by atoms with van der Waals surface area (Å²) in [5.74, 6) is 1.14. The number of carboxylic acid groups (broad SMARTS) is 1. The molecule has 1 aromatic rings. The van der Waals surface area contributed by atoms with Crippen molar-refractivity contribution in [2.45, 2.75) is 59.5 Å². The molecule has 0 aliphatic rings. The van der Waals surface area contributed by atoms with E-state index in [0.717, 1.165) is 22.2 Å². The smallest absolute Gasteiger partial charge is 0.407 e. The normalized spacial score (nSPS) is 14.2. The number of benzene rings is 1. The van der Waals surface area contributed by atoms with Crippen molar-refractivity contribution in [3.63, 3.8) is 0 Å². The van der Waals surface area contributed by atoms with Crippen molar-refractivity contribution >= 4 is 22.0 Å². The van der Waals surface area contributed by atoms with Gasteiger partial charge in [0.05, 0.1) is 6.61 Å². The van der Waals surface area contributed by atoms with E-state index >= 15 is 0 Å². The molecule has 0 heterocycles. The predicted molar refractivity (Wildman–Crippen MR) is 97.2 cm³/mol. The van der Waals surface area contributed by atoms with Crippen molar-refractivity contribution in [3.8, 4) is 5.75 Å². The monoisotopic (exact) mass is 385 g/mol. The second-order valence-corrected chi connectivity index (χ2v) is 8.15. The molecule has 0 aromatic heterocycles. The quantitative estimate of drug-likeness (QED) is 0.719. The summed E-state index contributed by atoms with van der Waals surface area (Å²) in [5.41, 5.74) is 0.676. The number of nitrogens with zero attached hydrogens (tertiary/aromatic N) is 1. The van der Waals surface area contributed by atoms with E-state index in [4.69, 9.17) is 4.74 Å². The highest BCUT2D eigenvalue weighted by Crippen LogP contribution is 2.25. The van der Waals surface area contributed by atoms with Crippen LogP contribution in [0.4, 0.5) is 4.79 Å². The fourth-order valence-corrected chi connectivity index (χ4v) is 3.37. The van der Waals surface area contributed by atoms with Crippen LogP contribution in [-0.4, -0.2) is 34.3 Å². The Morgan fingerprint density at radius 1 is 1.35 bits per heavy atom. The second kappa shape index (κ2) is 8.04. The first-order valence-corrected chi connectivity index (χ1v) is 8.73. The fraction of sp³-hybridized carbons (Fsp3) is 0.611. The van der Waals surface area contributed by atoms with Crippen molar-refractivity contribution in [3.05, 3.63) is 28.2 Å². The number of rotatable bonds is 6. The highest BCUT2D eigenvalue weighted by atomic mass is 79.9. The molecule has 1 rings (SSSR count). The van der Waals surface area contributed by atoms with E-state index in [-0.39, 0.29) is 12.0 Å². The largest absolute Gasteiger partial charge is 0.493 e. The van der Waals surface area contributed by atoms with Gasteiger partial charge in [-0.15, -0.1) is 0 Å². The molecular weight excluding hydrogens is 358 g/mol. The lowest BCUT2D eigenvalue weighted by Gasteiger charge is -2.39. The number of ether oxygens (including phenoxy) is 1. The molecule has 0 bridgehead atoms. The van der Waals surface area contributed by atoms with Crippen LogP contribution < -0.4 is 4.74 Å². The van der Waals surface area contributed by atoms with E-state index in [1.165, 1.54) is 4.90 Å². The summed E-state index contributed by atoms with van der Waals surface area (Å²) < 4.78 is 6.93. The number of halogens is 1. The molecule has 0 saturated carbocycles. The van der Waals surface area contributed by atoms with Gasteiger partial charge in [-0.2, -0.15) is 0 Å². The Hall–Kier alpha value is -1.23.